The zero-order valence-corrected chi connectivity index (χ0v) is 11.6. The van der Waals surface area contributed by atoms with Crippen molar-refractivity contribution in [3.63, 3.8) is 0 Å². The van der Waals surface area contributed by atoms with Crippen LogP contribution >= 0.6 is 0 Å². The lowest BCUT2D eigenvalue weighted by Crippen LogP contribution is -2.08. The number of oxime groups is 1. The van der Waals surface area contributed by atoms with Gasteiger partial charge < -0.3 is 4.84 Å². The minimum Gasteiger partial charge on any atom is -0.399 e. The first-order valence-electron chi connectivity index (χ1n) is 6.67. The highest BCUT2D eigenvalue weighted by atomic mass is 16.6. The van der Waals surface area contributed by atoms with Crippen LogP contribution in [-0.2, 0) is 11.3 Å². The number of aromatic nitrogens is 5. The summed E-state index contributed by atoms with van der Waals surface area (Å²) in [5, 5.41) is 16.9. The molecule has 1 aromatic carbocycles. The third kappa shape index (κ3) is 1.57. The Balaban J connectivity index is 2.07. The van der Waals surface area contributed by atoms with E-state index in [9.17, 15) is 0 Å². The van der Waals surface area contributed by atoms with Crippen molar-refractivity contribution in [2.45, 2.75) is 13.3 Å². The molecule has 1 aliphatic carbocycles. The second-order valence-corrected chi connectivity index (χ2v) is 4.66. The van der Waals surface area contributed by atoms with Crippen LogP contribution in [-0.4, -0.2) is 37.6 Å². The first-order chi connectivity index (χ1) is 10.3. The van der Waals surface area contributed by atoms with Gasteiger partial charge in [-0.05, 0) is 0 Å². The molecule has 2 heterocycles. The fourth-order valence-corrected chi connectivity index (χ4v) is 2.55. The molecule has 0 bridgehead atoms. The van der Waals surface area contributed by atoms with Crippen LogP contribution in [0.25, 0.3) is 17.0 Å². The largest absolute Gasteiger partial charge is 0.399 e. The summed E-state index contributed by atoms with van der Waals surface area (Å²) in [6.07, 6.45) is 0.734. The molecule has 0 aliphatic heterocycles. The zero-order valence-electron chi connectivity index (χ0n) is 11.6. The Morgan fingerprint density at radius 2 is 1.95 bits per heavy atom. The predicted molar refractivity (Wildman–Crippen MR) is 76.0 cm³/mol. The van der Waals surface area contributed by atoms with Crippen LogP contribution in [0.15, 0.2) is 29.4 Å². The van der Waals surface area contributed by atoms with E-state index >= 15 is 0 Å². The molecule has 0 unspecified atom stereocenters. The fraction of sp³-hybridized carbons (Fsp3) is 0.214. The molecule has 3 aromatic rings. The average Bonchev–Trinajstić information content (AvgIpc) is 3.06. The standard InChI is InChI=1S/C14H12N6O/c1-3-10-16-17-14-15-11-8-6-4-5-7-9(8)12(19-21-2)13(11)18-20(10)14/h4-7H,3H2,1-2H3/b19-12+. The topological polar surface area (TPSA) is 77.6 Å². The van der Waals surface area contributed by atoms with Gasteiger partial charge in [0.1, 0.15) is 24.2 Å². The molecule has 0 spiro atoms. The Kier molecular flexibility index (Phi) is 2.47. The molecule has 104 valence electrons. The maximum atomic E-state index is 4.97. The van der Waals surface area contributed by atoms with Crippen molar-refractivity contribution in [3.8, 4) is 11.3 Å². The van der Waals surface area contributed by atoms with Crippen LogP contribution in [0.2, 0.25) is 0 Å². The third-order valence-corrected chi connectivity index (χ3v) is 3.49. The van der Waals surface area contributed by atoms with E-state index < -0.39 is 0 Å². The van der Waals surface area contributed by atoms with Crippen molar-refractivity contribution in [3.05, 3.63) is 41.3 Å². The summed E-state index contributed by atoms with van der Waals surface area (Å²) >= 11 is 0. The maximum Gasteiger partial charge on any atom is 0.272 e. The molecule has 0 saturated heterocycles. The summed E-state index contributed by atoms with van der Waals surface area (Å²) in [6, 6.07) is 7.90. The predicted octanol–water partition coefficient (Wildman–Crippen LogP) is 1.46. The molecule has 0 fully saturated rings. The molecule has 0 amide bonds. The lowest BCUT2D eigenvalue weighted by molar-refractivity contribution is 0.214. The summed E-state index contributed by atoms with van der Waals surface area (Å²) in [5.41, 5.74) is 4.10. The van der Waals surface area contributed by atoms with Gasteiger partial charge in [0, 0.05) is 17.5 Å². The number of aryl methyl sites for hydroxylation is 1. The van der Waals surface area contributed by atoms with Crippen LogP contribution in [0, 0.1) is 0 Å². The van der Waals surface area contributed by atoms with Gasteiger partial charge in [-0.15, -0.1) is 10.2 Å². The van der Waals surface area contributed by atoms with Crippen molar-refractivity contribution < 1.29 is 4.84 Å². The molecule has 0 radical (unpaired) electrons. The highest BCUT2D eigenvalue weighted by Crippen LogP contribution is 2.34. The van der Waals surface area contributed by atoms with Crippen LogP contribution in [0.4, 0.5) is 0 Å². The Morgan fingerprint density at radius 1 is 1.14 bits per heavy atom. The van der Waals surface area contributed by atoms with Crippen molar-refractivity contribution in [2.24, 2.45) is 5.16 Å². The van der Waals surface area contributed by atoms with Crippen molar-refractivity contribution in [1.82, 2.24) is 24.8 Å². The van der Waals surface area contributed by atoms with Crippen molar-refractivity contribution in [1.29, 1.82) is 0 Å². The van der Waals surface area contributed by atoms with Crippen molar-refractivity contribution >= 4 is 11.5 Å². The monoisotopic (exact) mass is 280 g/mol. The van der Waals surface area contributed by atoms with E-state index in [1.54, 1.807) is 4.52 Å². The molecule has 2 aromatic heterocycles. The van der Waals surface area contributed by atoms with E-state index in [0.717, 1.165) is 29.1 Å². The van der Waals surface area contributed by atoms with Crippen LogP contribution in [0.1, 0.15) is 24.0 Å². The second kappa shape index (κ2) is 4.34. The number of rotatable bonds is 2. The highest BCUT2D eigenvalue weighted by Gasteiger charge is 2.30. The molecule has 0 N–H and O–H groups in total. The summed E-state index contributed by atoms with van der Waals surface area (Å²) in [7, 11) is 1.52. The molecular formula is C14H12N6O. The van der Waals surface area contributed by atoms with Crippen LogP contribution in [0.3, 0.4) is 0 Å². The van der Waals surface area contributed by atoms with Crippen LogP contribution in [0.5, 0.6) is 0 Å². The van der Waals surface area contributed by atoms with E-state index in [1.165, 1.54) is 7.11 Å². The number of benzene rings is 1. The highest BCUT2D eigenvalue weighted by molar-refractivity contribution is 6.22. The van der Waals surface area contributed by atoms with Gasteiger partial charge in [0.2, 0.25) is 0 Å². The number of hydrogen-bond acceptors (Lipinski definition) is 6. The quantitative estimate of drug-likeness (QED) is 0.519. The van der Waals surface area contributed by atoms with Gasteiger partial charge >= 0.3 is 0 Å². The Morgan fingerprint density at radius 3 is 2.71 bits per heavy atom. The molecule has 0 saturated carbocycles. The second-order valence-electron chi connectivity index (χ2n) is 4.66. The number of nitrogens with zero attached hydrogens (tertiary/aromatic N) is 6. The van der Waals surface area contributed by atoms with E-state index in [2.05, 4.69) is 25.4 Å². The summed E-state index contributed by atoms with van der Waals surface area (Å²) < 4.78 is 1.66. The van der Waals surface area contributed by atoms with Crippen LogP contribution < -0.4 is 0 Å². The van der Waals surface area contributed by atoms with Gasteiger partial charge in [0.05, 0.1) is 0 Å². The minimum absolute atomic E-state index is 0.499. The van der Waals surface area contributed by atoms with Gasteiger partial charge in [-0.3, -0.25) is 0 Å². The van der Waals surface area contributed by atoms with E-state index in [0.29, 0.717) is 17.2 Å². The molecule has 7 nitrogen and oxygen atoms in total. The molecule has 4 rings (SSSR count). The summed E-state index contributed by atoms with van der Waals surface area (Å²) in [5.74, 6) is 1.27. The smallest absolute Gasteiger partial charge is 0.272 e. The number of fused-ring (bicyclic) bond motifs is 4. The first-order valence-corrected chi connectivity index (χ1v) is 6.67. The lowest BCUT2D eigenvalue weighted by Gasteiger charge is -2.01. The Labute approximate surface area is 120 Å². The van der Waals surface area contributed by atoms with Gasteiger partial charge in [-0.1, -0.05) is 36.3 Å². The summed E-state index contributed by atoms with van der Waals surface area (Å²) in [6.45, 7) is 2.00. The summed E-state index contributed by atoms with van der Waals surface area (Å²) in [4.78, 5) is 9.56. The first kappa shape index (κ1) is 12.0. The Bertz CT molecular complexity index is 882. The molecule has 0 atom stereocenters. The minimum atomic E-state index is 0.499. The SMILES string of the molecule is CCc1nnc2nc3c(nn12)/C(=N/OC)c1ccccc1-3. The molecular weight excluding hydrogens is 268 g/mol. The fourth-order valence-electron chi connectivity index (χ4n) is 2.55. The van der Waals surface area contributed by atoms with E-state index in [4.69, 9.17) is 4.84 Å². The molecule has 1 aliphatic rings. The zero-order chi connectivity index (χ0) is 14.4. The normalized spacial score (nSPS) is 14.5. The van der Waals surface area contributed by atoms with E-state index in [-0.39, 0.29) is 0 Å². The molecule has 21 heavy (non-hydrogen) atoms. The third-order valence-electron chi connectivity index (χ3n) is 3.49. The average molecular weight is 280 g/mol. The Hall–Kier alpha value is -2.83. The maximum absolute atomic E-state index is 4.97. The van der Waals surface area contributed by atoms with Gasteiger partial charge in [0.15, 0.2) is 5.82 Å². The lowest BCUT2D eigenvalue weighted by atomic mass is 10.1. The van der Waals surface area contributed by atoms with E-state index in [1.807, 2.05) is 31.2 Å². The molecule has 7 heteroatoms. The van der Waals surface area contributed by atoms with Gasteiger partial charge in [-0.2, -0.15) is 9.61 Å². The number of hydrogen-bond donors (Lipinski definition) is 0. The van der Waals surface area contributed by atoms with Crippen molar-refractivity contribution in [2.75, 3.05) is 7.11 Å². The van der Waals surface area contributed by atoms with Gasteiger partial charge in [0.25, 0.3) is 5.78 Å². The van der Waals surface area contributed by atoms with Gasteiger partial charge in [-0.25, -0.2) is 4.98 Å².